The van der Waals surface area contributed by atoms with Gasteiger partial charge in [-0.05, 0) is 17.7 Å². The van der Waals surface area contributed by atoms with Crippen LogP contribution in [-0.4, -0.2) is 28.2 Å². The molecule has 1 heterocycles. The lowest BCUT2D eigenvalue weighted by Crippen LogP contribution is -2.23. The molecule has 0 aliphatic heterocycles. The van der Waals surface area contributed by atoms with Crippen molar-refractivity contribution in [2.24, 2.45) is 0 Å². The summed E-state index contributed by atoms with van der Waals surface area (Å²) in [7, 11) is 1.44. The third-order valence-corrected chi connectivity index (χ3v) is 3.43. The molecule has 122 valence electrons. The van der Waals surface area contributed by atoms with E-state index in [1.807, 2.05) is 18.2 Å². The van der Waals surface area contributed by atoms with E-state index in [9.17, 15) is 9.18 Å². The molecule has 0 bridgehead atoms. The van der Waals surface area contributed by atoms with E-state index in [2.05, 4.69) is 20.5 Å². The number of hydrogen-bond donors (Lipinski definition) is 2. The molecule has 7 heteroatoms. The molecule has 0 fully saturated rings. The Labute approximate surface area is 137 Å². The summed E-state index contributed by atoms with van der Waals surface area (Å²) in [5.41, 5.74) is 0.985. The number of halogens is 1. The van der Waals surface area contributed by atoms with Crippen LogP contribution in [0.1, 0.15) is 11.7 Å². The minimum atomic E-state index is -0.790. The molecule has 0 saturated heterocycles. The smallest absolute Gasteiger partial charge is 0.260 e. The van der Waals surface area contributed by atoms with Crippen molar-refractivity contribution in [1.29, 1.82) is 0 Å². The average Bonchev–Trinajstić information content (AvgIpc) is 3.05. The first-order chi connectivity index (χ1) is 11.7. The van der Waals surface area contributed by atoms with Gasteiger partial charge in [0.15, 0.2) is 11.9 Å². The van der Waals surface area contributed by atoms with Gasteiger partial charge in [0, 0.05) is 7.11 Å². The molecule has 2 N–H and O–H groups in total. The van der Waals surface area contributed by atoms with Gasteiger partial charge in [0.2, 0.25) is 5.95 Å². The quantitative estimate of drug-likeness (QED) is 0.755. The molecule has 0 radical (unpaired) electrons. The molecule has 24 heavy (non-hydrogen) atoms. The van der Waals surface area contributed by atoms with E-state index in [4.69, 9.17) is 4.74 Å². The maximum atomic E-state index is 13.8. The third-order valence-electron chi connectivity index (χ3n) is 3.43. The number of benzene rings is 2. The Morgan fingerprint density at radius 2 is 1.88 bits per heavy atom. The molecule has 6 nitrogen and oxygen atoms in total. The summed E-state index contributed by atoms with van der Waals surface area (Å²) in [4.78, 5) is 16.5. The summed E-state index contributed by atoms with van der Waals surface area (Å²) in [6, 6.07) is 15.2. The number of ether oxygens (including phenoxy) is 1. The number of anilines is 1. The number of hydrogen-bond acceptors (Lipinski definition) is 4. The van der Waals surface area contributed by atoms with Gasteiger partial charge < -0.3 is 4.74 Å². The molecule has 0 aliphatic rings. The Balaban J connectivity index is 1.77. The second-order valence-corrected chi connectivity index (χ2v) is 5.00. The van der Waals surface area contributed by atoms with Crippen molar-refractivity contribution < 1.29 is 13.9 Å². The maximum Gasteiger partial charge on any atom is 0.260 e. The van der Waals surface area contributed by atoms with Gasteiger partial charge in [-0.3, -0.25) is 15.2 Å². The predicted molar refractivity (Wildman–Crippen MR) is 86.6 cm³/mol. The zero-order valence-corrected chi connectivity index (χ0v) is 12.9. The summed E-state index contributed by atoms with van der Waals surface area (Å²) in [5, 5.41) is 9.06. The normalized spacial score (nSPS) is 11.9. The van der Waals surface area contributed by atoms with Crippen molar-refractivity contribution in [3.63, 3.8) is 0 Å². The summed E-state index contributed by atoms with van der Waals surface area (Å²) in [6.07, 6.45) is -0.790. The number of carbonyl (C=O) groups is 1. The Morgan fingerprint density at radius 1 is 1.17 bits per heavy atom. The molecule has 1 aromatic heterocycles. The van der Waals surface area contributed by atoms with Crippen LogP contribution in [0.5, 0.6) is 0 Å². The molecule has 0 saturated carbocycles. The van der Waals surface area contributed by atoms with Gasteiger partial charge in [-0.25, -0.2) is 4.39 Å². The molecular weight excluding hydrogens is 311 g/mol. The third kappa shape index (κ3) is 3.31. The fourth-order valence-corrected chi connectivity index (χ4v) is 2.29. The van der Waals surface area contributed by atoms with Crippen LogP contribution >= 0.6 is 0 Å². The van der Waals surface area contributed by atoms with Gasteiger partial charge in [-0.1, -0.05) is 42.5 Å². The minimum absolute atomic E-state index is 0.0521. The first kappa shape index (κ1) is 15.8. The van der Waals surface area contributed by atoms with Crippen LogP contribution in [0, 0.1) is 5.82 Å². The van der Waals surface area contributed by atoms with E-state index in [1.165, 1.54) is 13.2 Å². The number of aromatic nitrogens is 3. The van der Waals surface area contributed by atoms with E-state index < -0.39 is 17.8 Å². The van der Waals surface area contributed by atoms with Gasteiger partial charge in [0.1, 0.15) is 5.82 Å². The van der Waals surface area contributed by atoms with Crippen LogP contribution < -0.4 is 5.32 Å². The van der Waals surface area contributed by atoms with Gasteiger partial charge in [0.05, 0.1) is 5.56 Å². The molecule has 3 aromatic rings. The van der Waals surface area contributed by atoms with Crippen molar-refractivity contribution >= 4 is 11.9 Å². The number of amides is 1. The van der Waals surface area contributed by atoms with Gasteiger partial charge in [-0.2, -0.15) is 4.98 Å². The van der Waals surface area contributed by atoms with Crippen LogP contribution in [0.15, 0.2) is 54.6 Å². The second-order valence-electron chi connectivity index (χ2n) is 5.00. The molecule has 0 spiro atoms. The molecule has 1 amide bonds. The number of nitrogens with one attached hydrogen (secondary N) is 2. The fraction of sp³-hybridized carbons (Fsp3) is 0.118. The lowest BCUT2D eigenvalue weighted by Gasteiger charge is -2.13. The molecule has 0 unspecified atom stereocenters. The summed E-state index contributed by atoms with van der Waals surface area (Å²) in [6.45, 7) is 0. The average molecular weight is 326 g/mol. The Kier molecular flexibility index (Phi) is 4.62. The molecule has 0 aliphatic carbocycles. The lowest BCUT2D eigenvalue weighted by molar-refractivity contribution is -0.126. The number of methoxy groups -OCH3 is 1. The van der Waals surface area contributed by atoms with E-state index in [1.54, 1.807) is 30.3 Å². The summed E-state index contributed by atoms with van der Waals surface area (Å²) >= 11 is 0. The highest BCUT2D eigenvalue weighted by atomic mass is 19.1. The van der Waals surface area contributed by atoms with Crippen molar-refractivity contribution in [2.75, 3.05) is 12.4 Å². The lowest BCUT2D eigenvalue weighted by atomic mass is 10.1. The van der Waals surface area contributed by atoms with Gasteiger partial charge in [0.25, 0.3) is 5.91 Å². The molecule has 3 rings (SSSR count). The van der Waals surface area contributed by atoms with E-state index >= 15 is 0 Å². The monoisotopic (exact) mass is 326 g/mol. The van der Waals surface area contributed by atoms with Crippen molar-refractivity contribution in [3.8, 4) is 11.4 Å². The zero-order valence-electron chi connectivity index (χ0n) is 12.9. The van der Waals surface area contributed by atoms with E-state index in [0.717, 1.165) is 0 Å². The first-order valence-corrected chi connectivity index (χ1v) is 7.25. The Morgan fingerprint density at radius 3 is 2.58 bits per heavy atom. The Hall–Kier alpha value is -3.06. The highest BCUT2D eigenvalue weighted by Crippen LogP contribution is 2.21. The van der Waals surface area contributed by atoms with E-state index in [-0.39, 0.29) is 17.3 Å². The fourth-order valence-electron chi connectivity index (χ4n) is 2.29. The standard InChI is InChI=1S/C17H15FN4O2/c1-24-14(11-7-3-2-4-8-11)16(23)20-17-19-15(21-22-17)12-9-5-6-10-13(12)18/h2-10,14H,1H3,(H2,19,20,21,22,23)/t14-/m1/s1. The van der Waals surface area contributed by atoms with Crippen LogP contribution in [0.3, 0.4) is 0 Å². The minimum Gasteiger partial charge on any atom is -0.367 e. The highest BCUT2D eigenvalue weighted by Gasteiger charge is 2.21. The van der Waals surface area contributed by atoms with Crippen LogP contribution in [0.25, 0.3) is 11.4 Å². The molecule has 1 atom stereocenters. The number of H-pyrrole nitrogens is 1. The second kappa shape index (κ2) is 7.01. The van der Waals surface area contributed by atoms with Crippen molar-refractivity contribution in [3.05, 3.63) is 66.0 Å². The van der Waals surface area contributed by atoms with Crippen LogP contribution in [0.2, 0.25) is 0 Å². The number of aromatic amines is 1. The zero-order chi connectivity index (χ0) is 16.9. The van der Waals surface area contributed by atoms with Gasteiger partial charge >= 0.3 is 0 Å². The maximum absolute atomic E-state index is 13.8. The number of carbonyl (C=O) groups excluding carboxylic acids is 1. The van der Waals surface area contributed by atoms with Crippen LogP contribution in [-0.2, 0) is 9.53 Å². The Bertz CT molecular complexity index is 835. The topological polar surface area (TPSA) is 79.9 Å². The number of nitrogens with zero attached hydrogens (tertiary/aromatic N) is 2. The summed E-state index contributed by atoms with van der Waals surface area (Å²) < 4.78 is 19.0. The first-order valence-electron chi connectivity index (χ1n) is 7.25. The summed E-state index contributed by atoms with van der Waals surface area (Å²) in [5.74, 6) is -0.554. The largest absolute Gasteiger partial charge is 0.367 e. The van der Waals surface area contributed by atoms with Crippen molar-refractivity contribution in [2.45, 2.75) is 6.10 Å². The van der Waals surface area contributed by atoms with Gasteiger partial charge in [-0.15, -0.1) is 5.10 Å². The highest BCUT2D eigenvalue weighted by molar-refractivity contribution is 5.93. The molecular formula is C17H15FN4O2. The number of rotatable bonds is 5. The molecule has 2 aromatic carbocycles. The SMILES string of the molecule is CO[C@@H](C(=O)Nc1n[nH]c(-c2ccccc2F)n1)c1ccccc1. The predicted octanol–water partition coefficient (Wildman–Crippen LogP) is 2.94. The van der Waals surface area contributed by atoms with Crippen molar-refractivity contribution in [1.82, 2.24) is 15.2 Å². The van der Waals surface area contributed by atoms with E-state index in [0.29, 0.717) is 5.56 Å². The van der Waals surface area contributed by atoms with Crippen LogP contribution in [0.4, 0.5) is 10.3 Å².